The first-order valence-electron chi connectivity index (χ1n) is 4.31. The molecule has 14 heavy (non-hydrogen) atoms. The maximum Gasteiger partial charge on any atom is 0.306 e. The van der Waals surface area contributed by atoms with E-state index < -0.39 is 6.10 Å². The van der Waals surface area contributed by atoms with E-state index >= 15 is 0 Å². The number of carbonyl (C=O) groups excluding carboxylic acids is 1. The molecule has 1 aliphatic heterocycles. The number of carbonyl (C=O) groups is 1. The van der Waals surface area contributed by atoms with Gasteiger partial charge in [-0.2, -0.15) is 0 Å². The number of benzene rings is 1. The molecule has 1 atom stereocenters. The molecule has 2 nitrogen and oxygen atoms in total. The molecular formula is C10H8BrFO2. The molecule has 2 rings (SSSR count). The van der Waals surface area contributed by atoms with E-state index in [4.69, 9.17) is 4.74 Å². The maximum absolute atomic E-state index is 13.4. The van der Waals surface area contributed by atoms with E-state index in [1.165, 1.54) is 6.07 Å². The molecular weight excluding hydrogens is 251 g/mol. The maximum atomic E-state index is 13.4. The Kier molecular flexibility index (Phi) is 2.54. The van der Waals surface area contributed by atoms with E-state index in [-0.39, 0.29) is 11.8 Å². The van der Waals surface area contributed by atoms with Crippen molar-refractivity contribution in [3.05, 3.63) is 34.1 Å². The second kappa shape index (κ2) is 3.69. The van der Waals surface area contributed by atoms with Crippen molar-refractivity contribution < 1.29 is 13.9 Å². The second-order valence-electron chi connectivity index (χ2n) is 3.18. The van der Waals surface area contributed by atoms with Crippen LogP contribution in [0.1, 0.15) is 24.5 Å². The molecule has 0 saturated carbocycles. The van der Waals surface area contributed by atoms with Gasteiger partial charge in [0.2, 0.25) is 0 Å². The summed E-state index contributed by atoms with van der Waals surface area (Å²) in [4.78, 5) is 10.9. The van der Waals surface area contributed by atoms with Crippen LogP contribution in [0.25, 0.3) is 0 Å². The standard InChI is InChI=1S/C10H8BrFO2/c11-6-1-2-7(8(12)5-6)9-3-4-10(13)14-9/h1-2,5,9H,3-4H2/t9-/m0/s1. The summed E-state index contributed by atoms with van der Waals surface area (Å²) >= 11 is 3.17. The summed E-state index contributed by atoms with van der Waals surface area (Å²) in [5.74, 6) is -0.587. The molecule has 1 fully saturated rings. The van der Waals surface area contributed by atoms with Crippen molar-refractivity contribution >= 4 is 21.9 Å². The lowest BCUT2D eigenvalue weighted by Crippen LogP contribution is -2.01. The molecule has 0 spiro atoms. The highest BCUT2D eigenvalue weighted by Gasteiger charge is 2.26. The summed E-state index contributed by atoms with van der Waals surface area (Å²) in [6.07, 6.45) is 0.535. The third-order valence-corrected chi connectivity index (χ3v) is 2.69. The second-order valence-corrected chi connectivity index (χ2v) is 4.10. The van der Waals surface area contributed by atoms with Crippen LogP contribution in [0.15, 0.2) is 22.7 Å². The van der Waals surface area contributed by atoms with Crippen molar-refractivity contribution in [2.24, 2.45) is 0 Å². The average Bonchev–Trinajstić information content (AvgIpc) is 2.51. The van der Waals surface area contributed by atoms with Crippen LogP contribution in [-0.4, -0.2) is 5.97 Å². The van der Waals surface area contributed by atoms with Crippen LogP contribution in [0.5, 0.6) is 0 Å². The lowest BCUT2D eigenvalue weighted by atomic mass is 10.1. The summed E-state index contributed by atoms with van der Waals surface area (Å²) in [6, 6.07) is 4.76. The first-order chi connectivity index (χ1) is 6.66. The molecule has 0 aliphatic carbocycles. The topological polar surface area (TPSA) is 26.3 Å². The van der Waals surface area contributed by atoms with Gasteiger partial charge in [0.25, 0.3) is 0 Å². The average molecular weight is 259 g/mol. The van der Waals surface area contributed by atoms with E-state index in [9.17, 15) is 9.18 Å². The van der Waals surface area contributed by atoms with Gasteiger partial charge in [-0.05, 0) is 18.6 Å². The van der Waals surface area contributed by atoms with Gasteiger partial charge in [0.1, 0.15) is 11.9 Å². The lowest BCUT2D eigenvalue weighted by molar-refractivity contribution is -0.141. The van der Waals surface area contributed by atoms with Gasteiger partial charge >= 0.3 is 5.97 Å². The summed E-state index contributed by atoms with van der Waals surface area (Å²) in [6.45, 7) is 0. The van der Waals surface area contributed by atoms with E-state index in [0.29, 0.717) is 22.9 Å². The van der Waals surface area contributed by atoms with Crippen LogP contribution >= 0.6 is 15.9 Å². The Morgan fingerprint density at radius 1 is 1.50 bits per heavy atom. The molecule has 0 N–H and O–H groups in total. The zero-order valence-electron chi connectivity index (χ0n) is 7.30. The smallest absolute Gasteiger partial charge is 0.306 e. The molecule has 1 aliphatic rings. The first kappa shape index (κ1) is 9.65. The fourth-order valence-electron chi connectivity index (χ4n) is 1.51. The van der Waals surface area contributed by atoms with Crippen molar-refractivity contribution in [2.45, 2.75) is 18.9 Å². The van der Waals surface area contributed by atoms with Crippen molar-refractivity contribution in [3.8, 4) is 0 Å². The molecule has 1 aromatic carbocycles. The summed E-state index contributed by atoms with van der Waals surface area (Å²) < 4.78 is 19.1. The Bertz CT molecular complexity index is 378. The van der Waals surface area contributed by atoms with Crippen molar-refractivity contribution in [2.75, 3.05) is 0 Å². The predicted molar refractivity (Wildman–Crippen MR) is 52.2 cm³/mol. The summed E-state index contributed by atoms with van der Waals surface area (Å²) in [5.41, 5.74) is 0.457. The van der Waals surface area contributed by atoms with Crippen LogP contribution in [0, 0.1) is 5.82 Å². The lowest BCUT2D eigenvalue weighted by Gasteiger charge is -2.10. The quantitative estimate of drug-likeness (QED) is 0.725. The van der Waals surface area contributed by atoms with E-state index in [0.717, 1.165) is 0 Å². The third-order valence-electron chi connectivity index (χ3n) is 2.19. The van der Waals surface area contributed by atoms with Crippen LogP contribution in [0.4, 0.5) is 4.39 Å². The number of hydrogen-bond donors (Lipinski definition) is 0. The van der Waals surface area contributed by atoms with Crippen LogP contribution < -0.4 is 0 Å². The number of rotatable bonds is 1. The van der Waals surface area contributed by atoms with Crippen molar-refractivity contribution in [1.29, 1.82) is 0 Å². The Morgan fingerprint density at radius 3 is 2.86 bits per heavy atom. The van der Waals surface area contributed by atoms with Crippen LogP contribution in [0.2, 0.25) is 0 Å². The Labute approximate surface area is 89.2 Å². The molecule has 0 radical (unpaired) electrons. The molecule has 0 amide bonds. The van der Waals surface area contributed by atoms with Crippen molar-refractivity contribution in [3.63, 3.8) is 0 Å². The van der Waals surface area contributed by atoms with Crippen molar-refractivity contribution in [1.82, 2.24) is 0 Å². The third kappa shape index (κ3) is 1.80. The molecule has 0 bridgehead atoms. The summed E-state index contributed by atoms with van der Waals surface area (Å²) in [7, 11) is 0. The number of halogens is 2. The Morgan fingerprint density at radius 2 is 2.29 bits per heavy atom. The SMILES string of the molecule is O=C1CC[C@@H](c2ccc(Br)cc2F)O1. The highest BCUT2D eigenvalue weighted by atomic mass is 79.9. The molecule has 0 aromatic heterocycles. The van der Waals surface area contributed by atoms with Gasteiger partial charge in [-0.3, -0.25) is 4.79 Å². The number of hydrogen-bond acceptors (Lipinski definition) is 2. The van der Waals surface area contributed by atoms with Gasteiger partial charge in [-0.25, -0.2) is 4.39 Å². The largest absolute Gasteiger partial charge is 0.457 e. The van der Waals surface area contributed by atoms with Gasteiger partial charge in [0, 0.05) is 16.5 Å². The van der Waals surface area contributed by atoms with Gasteiger partial charge in [0.15, 0.2) is 0 Å². The van der Waals surface area contributed by atoms with Gasteiger partial charge in [-0.15, -0.1) is 0 Å². The fraction of sp³-hybridized carbons (Fsp3) is 0.300. The van der Waals surface area contributed by atoms with Gasteiger partial charge < -0.3 is 4.74 Å². The number of esters is 1. The zero-order chi connectivity index (χ0) is 10.1. The normalized spacial score (nSPS) is 21.0. The van der Waals surface area contributed by atoms with Crippen LogP contribution in [-0.2, 0) is 9.53 Å². The highest BCUT2D eigenvalue weighted by Crippen LogP contribution is 2.31. The Balaban J connectivity index is 2.28. The van der Waals surface area contributed by atoms with E-state index in [1.54, 1.807) is 12.1 Å². The molecule has 1 heterocycles. The van der Waals surface area contributed by atoms with Crippen LogP contribution in [0.3, 0.4) is 0 Å². The Hall–Kier alpha value is -0.900. The highest BCUT2D eigenvalue weighted by molar-refractivity contribution is 9.10. The predicted octanol–water partition coefficient (Wildman–Crippen LogP) is 2.97. The first-order valence-corrected chi connectivity index (χ1v) is 5.10. The summed E-state index contributed by atoms with van der Waals surface area (Å²) in [5, 5.41) is 0. The minimum atomic E-state index is -0.407. The molecule has 74 valence electrons. The van der Waals surface area contributed by atoms with Gasteiger partial charge in [0.05, 0.1) is 0 Å². The van der Waals surface area contributed by atoms with E-state index in [1.807, 2.05) is 0 Å². The number of ether oxygens (including phenoxy) is 1. The number of cyclic esters (lactones) is 1. The molecule has 0 unspecified atom stereocenters. The minimum absolute atomic E-state index is 0.252. The monoisotopic (exact) mass is 258 g/mol. The minimum Gasteiger partial charge on any atom is -0.457 e. The molecule has 4 heteroatoms. The molecule has 1 aromatic rings. The molecule has 1 saturated heterocycles. The fourth-order valence-corrected chi connectivity index (χ4v) is 1.84. The van der Waals surface area contributed by atoms with E-state index in [2.05, 4.69) is 15.9 Å². The zero-order valence-corrected chi connectivity index (χ0v) is 8.88. The van der Waals surface area contributed by atoms with Gasteiger partial charge in [-0.1, -0.05) is 22.0 Å².